The SMILES string of the molecule is COc1ccc(-c2ccnn2C)cc1C(C)(C)C. The van der Waals surface area contributed by atoms with Crippen LogP contribution in [0.25, 0.3) is 11.3 Å². The second kappa shape index (κ2) is 4.48. The Bertz CT molecular complexity index is 550. The quantitative estimate of drug-likeness (QED) is 0.809. The van der Waals surface area contributed by atoms with E-state index in [0.717, 1.165) is 11.4 Å². The molecule has 0 spiro atoms. The lowest BCUT2D eigenvalue weighted by Gasteiger charge is -2.23. The van der Waals surface area contributed by atoms with Crippen LogP contribution in [-0.2, 0) is 12.5 Å². The zero-order chi connectivity index (χ0) is 13.3. The van der Waals surface area contributed by atoms with Gasteiger partial charge < -0.3 is 4.74 Å². The van der Waals surface area contributed by atoms with Crippen molar-refractivity contribution in [2.75, 3.05) is 7.11 Å². The number of methoxy groups -OCH3 is 1. The predicted molar refractivity (Wildman–Crippen MR) is 73.9 cm³/mol. The molecule has 18 heavy (non-hydrogen) atoms. The molecule has 1 aromatic carbocycles. The van der Waals surface area contributed by atoms with Crippen molar-refractivity contribution in [1.29, 1.82) is 0 Å². The minimum absolute atomic E-state index is 0.0555. The molecule has 1 aromatic heterocycles. The van der Waals surface area contributed by atoms with Gasteiger partial charge in [0.2, 0.25) is 0 Å². The maximum Gasteiger partial charge on any atom is 0.122 e. The fraction of sp³-hybridized carbons (Fsp3) is 0.400. The van der Waals surface area contributed by atoms with Gasteiger partial charge in [0.1, 0.15) is 5.75 Å². The van der Waals surface area contributed by atoms with Gasteiger partial charge in [-0.25, -0.2) is 0 Å². The maximum absolute atomic E-state index is 5.45. The van der Waals surface area contributed by atoms with E-state index in [0.29, 0.717) is 0 Å². The van der Waals surface area contributed by atoms with Crippen molar-refractivity contribution in [3.05, 3.63) is 36.0 Å². The summed E-state index contributed by atoms with van der Waals surface area (Å²) in [6, 6.07) is 8.32. The zero-order valence-electron chi connectivity index (χ0n) is 11.7. The van der Waals surface area contributed by atoms with Gasteiger partial charge in [0.15, 0.2) is 0 Å². The first-order chi connectivity index (χ1) is 8.43. The molecule has 0 amide bonds. The highest BCUT2D eigenvalue weighted by atomic mass is 16.5. The van der Waals surface area contributed by atoms with Gasteiger partial charge in [-0.15, -0.1) is 0 Å². The third kappa shape index (κ3) is 2.26. The van der Waals surface area contributed by atoms with Crippen LogP contribution in [-0.4, -0.2) is 16.9 Å². The van der Waals surface area contributed by atoms with Gasteiger partial charge in [0, 0.05) is 24.4 Å². The number of aryl methyl sites for hydroxylation is 1. The van der Waals surface area contributed by atoms with Crippen LogP contribution in [0.2, 0.25) is 0 Å². The fourth-order valence-electron chi connectivity index (χ4n) is 2.11. The molecule has 0 saturated carbocycles. The molecule has 96 valence electrons. The molecule has 0 aliphatic rings. The van der Waals surface area contributed by atoms with Crippen LogP contribution in [0.3, 0.4) is 0 Å². The molecule has 0 unspecified atom stereocenters. The van der Waals surface area contributed by atoms with Crippen LogP contribution in [0.5, 0.6) is 5.75 Å². The summed E-state index contributed by atoms with van der Waals surface area (Å²) in [6.07, 6.45) is 1.82. The Balaban J connectivity index is 2.57. The Kier molecular flexibility index (Phi) is 3.16. The van der Waals surface area contributed by atoms with Crippen LogP contribution in [0, 0.1) is 0 Å². The molecule has 0 fully saturated rings. The number of hydrogen-bond acceptors (Lipinski definition) is 2. The Morgan fingerprint density at radius 2 is 1.89 bits per heavy atom. The Morgan fingerprint density at radius 1 is 1.17 bits per heavy atom. The normalized spacial score (nSPS) is 11.6. The van der Waals surface area contributed by atoms with Crippen molar-refractivity contribution in [2.45, 2.75) is 26.2 Å². The van der Waals surface area contributed by atoms with Crippen LogP contribution < -0.4 is 4.74 Å². The molecule has 2 aromatic rings. The first-order valence-corrected chi connectivity index (χ1v) is 6.10. The number of hydrogen-bond donors (Lipinski definition) is 0. The Hall–Kier alpha value is -1.77. The number of aromatic nitrogens is 2. The zero-order valence-corrected chi connectivity index (χ0v) is 11.7. The van der Waals surface area contributed by atoms with Crippen LogP contribution in [0.1, 0.15) is 26.3 Å². The lowest BCUT2D eigenvalue weighted by atomic mass is 9.85. The number of nitrogens with zero attached hydrogens (tertiary/aromatic N) is 2. The molecule has 0 bridgehead atoms. The summed E-state index contributed by atoms with van der Waals surface area (Å²) >= 11 is 0. The number of rotatable bonds is 2. The van der Waals surface area contributed by atoms with Crippen molar-refractivity contribution < 1.29 is 4.74 Å². The monoisotopic (exact) mass is 244 g/mol. The van der Waals surface area contributed by atoms with Crippen molar-refractivity contribution in [1.82, 2.24) is 9.78 Å². The molecule has 0 saturated heterocycles. The van der Waals surface area contributed by atoms with Gasteiger partial charge in [-0.2, -0.15) is 5.10 Å². The fourth-order valence-corrected chi connectivity index (χ4v) is 2.11. The second-order valence-corrected chi connectivity index (χ2v) is 5.51. The summed E-state index contributed by atoms with van der Waals surface area (Å²) in [5, 5.41) is 4.21. The first-order valence-electron chi connectivity index (χ1n) is 6.10. The van der Waals surface area contributed by atoms with Gasteiger partial charge in [-0.3, -0.25) is 4.68 Å². The summed E-state index contributed by atoms with van der Waals surface area (Å²) in [5.41, 5.74) is 3.55. The lowest BCUT2D eigenvalue weighted by molar-refractivity contribution is 0.397. The van der Waals surface area contributed by atoms with E-state index in [2.05, 4.69) is 38.0 Å². The van der Waals surface area contributed by atoms with E-state index in [-0.39, 0.29) is 5.41 Å². The van der Waals surface area contributed by atoms with E-state index in [9.17, 15) is 0 Å². The van der Waals surface area contributed by atoms with Crippen molar-refractivity contribution in [3.63, 3.8) is 0 Å². The van der Waals surface area contributed by atoms with Crippen LogP contribution in [0.15, 0.2) is 30.5 Å². The van der Waals surface area contributed by atoms with Crippen molar-refractivity contribution in [3.8, 4) is 17.0 Å². The average Bonchev–Trinajstić information content (AvgIpc) is 2.73. The van der Waals surface area contributed by atoms with Crippen LogP contribution >= 0.6 is 0 Å². The third-order valence-corrected chi connectivity index (χ3v) is 3.12. The van der Waals surface area contributed by atoms with Crippen molar-refractivity contribution in [2.24, 2.45) is 7.05 Å². The second-order valence-electron chi connectivity index (χ2n) is 5.51. The van der Waals surface area contributed by atoms with E-state index < -0.39 is 0 Å². The highest BCUT2D eigenvalue weighted by Crippen LogP contribution is 2.34. The average molecular weight is 244 g/mol. The van der Waals surface area contributed by atoms with Gasteiger partial charge in [-0.1, -0.05) is 20.8 Å². The molecule has 2 rings (SSSR count). The smallest absolute Gasteiger partial charge is 0.122 e. The molecule has 0 N–H and O–H groups in total. The molecule has 0 atom stereocenters. The molecular weight excluding hydrogens is 224 g/mol. The first kappa shape index (κ1) is 12.7. The summed E-state index contributed by atoms with van der Waals surface area (Å²) in [5.74, 6) is 0.938. The Morgan fingerprint density at radius 3 is 2.39 bits per heavy atom. The molecule has 0 aliphatic heterocycles. The van der Waals surface area contributed by atoms with Crippen molar-refractivity contribution >= 4 is 0 Å². The highest BCUT2D eigenvalue weighted by Gasteiger charge is 2.20. The minimum atomic E-state index is 0.0555. The molecule has 3 heteroatoms. The summed E-state index contributed by atoms with van der Waals surface area (Å²) in [4.78, 5) is 0. The third-order valence-electron chi connectivity index (χ3n) is 3.12. The summed E-state index contributed by atoms with van der Waals surface area (Å²) in [7, 11) is 3.67. The number of benzene rings is 1. The summed E-state index contributed by atoms with van der Waals surface area (Å²) in [6.45, 7) is 6.58. The highest BCUT2D eigenvalue weighted by molar-refractivity contribution is 5.63. The molecular formula is C15H20N2O. The topological polar surface area (TPSA) is 27.1 Å². The predicted octanol–water partition coefficient (Wildman–Crippen LogP) is 3.39. The molecule has 0 radical (unpaired) electrons. The van der Waals surface area contributed by atoms with Gasteiger partial charge >= 0.3 is 0 Å². The van der Waals surface area contributed by atoms with Gasteiger partial charge in [0.25, 0.3) is 0 Å². The largest absolute Gasteiger partial charge is 0.496 e. The van der Waals surface area contributed by atoms with E-state index in [1.807, 2.05) is 30.1 Å². The molecule has 1 heterocycles. The molecule has 3 nitrogen and oxygen atoms in total. The minimum Gasteiger partial charge on any atom is -0.496 e. The van der Waals surface area contributed by atoms with Gasteiger partial charge in [0.05, 0.1) is 12.8 Å². The maximum atomic E-state index is 5.45. The standard InChI is InChI=1S/C15H20N2O/c1-15(2,3)12-10-11(6-7-14(12)18-5)13-8-9-16-17(13)4/h6-10H,1-5H3. The van der Waals surface area contributed by atoms with Crippen LogP contribution in [0.4, 0.5) is 0 Å². The van der Waals surface area contributed by atoms with E-state index in [1.54, 1.807) is 7.11 Å². The van der Waals surface area contributed by atoms with Gasteiger partial charge in [-0.05, 0) is 29.7 Å². The van der Waals surface area contributed by atoms with E-state index in [1.165, 1.54) is 11.1 Å². The lowest BCUT2D eigenvalue weighted by Crippen LogP contribution is -2.13. The number of ether oxygens (including phenoxy) is 1. The Labute approximate surface area is 108 Å². The van der Waals surface area contributed by atoms with E-state index in [4.69, 9.17) is 4.74 Å². The molecule has 0 aliphatic carbocycles. The van der Waals surface area contributed by atoms with E-state index >= 15 is 0 Å². The summed E-state index contributed by atoms with van der Waals surface area (Å²) < 4.78 is 7.34.